The van der Waals surface area contributed by atoms with Crippen molar-refractivity contribution < 1.29 is 0 Å². The maximum atomic E-state index is 5.92. The number of para-hydroxylation sites is 1. The minimum absolute atomic E-state index is 0.387. The Hall–Kier alpha value is -4.33. The number of aryl methyl sites for hydroxylation is 1. The molecular weight excluding hydrogens is 376 g/mol. The Bertz CT molecular complexity index is 1360. The molecule has 2 aromatic carbocycles. The maximum Gasteiger partial charge on any atom is 0.232 e. The van der Waals surface area contributed by atoms with E-state index in [0.717, 1.165) is 22.0 Å². The van der Waals surface area contributed by atoms with Crippen LogP contribution in [0, 0.1) is 6.92 Å². The van der Waals surface area contributed by atoms with Gasteiger partial charge in [-0.2, -0.15) is 15.1 Å². The molecule has 0 aliphatic rings. The van der Waals surface area contributed by atoms with Gasteiger partial charge < -0.3 is 11.1 Å². The molecule has 0 spiro atoms. The molecule has 8 nitrogen and oxygen atoms in total. The monoisotopic (exact) mass is 394 g/mol. The van der Waals surface area contributed by atoms with Gasteiger partial charge in [-0.1, -0.05) is 36.4 Å². The molecule has 0 aliphatic heterocycles. The van der Waals surface area contributed by atoms with Crippen LogP contribution >= 0.6 is 0 Å². The fourth-order valence-electron chi connectivity index (χ4n) is 3.25. The van der Waals surface area contributed by atoms with Crippen LogP contribution in [-0.4, -0.2) is 30.1 Å². The lowest BCUT2D eigenvalue weighted by Crippen LogP contribution is -2.04. The third-order valence-corrected chi connectivity index (χ3v) is 4.74. The van der Waals surface area contributed by atoms with Crippen molar-refractivity contribution in [1.29, 1.82) is 0 Å². The van der Waals surface area contributed by atoms with Gasteiger partial charge in [0.2, 0.25) is 5.95 Å². The number of hydrogen-bond acceptors (Lipinski definition) is 7. The number of rotatable bonds is 4. The molecule has 0 saturated carbocycles. The van der Waals surface area contributed by atoms with Crippen LogP contribution in [0.3, 0.4) is 0 Å². The van der Waals surface area contributed by atoms with Crippen LogP contribution < -0.4 is 11.1 Å². The third kappa shape index (κ3) is 3.30. The SMILES string of the molecule is Cc1ccccc1-c1nc(Nc2n[nH]c3ccccc23)nc(-c2cncc(N)c2)n1. The van der Waals surface area contributed by atoms with Crippen LogP contribution in [0.15, 0.2) is 67.0 Å². The Labute approximate surface area is 172 Å². The quantitative estimate of drug-likeness (QED) is 0.420. The first-order valence-electron chi connectivity index (χ1n) is 9.40. The molecule has 4 N–H and O–H groups in total. The van der Waals surface area contributed by atoms with Gasteiger partial charge >= 0.3 is 0 Å². The molecule has 0 atom stereocenters. The van der Waals surface area contributed by atoms with Crippen LogP contribution in [0.5, 0.6) is 0 Å². The normalized spacial score (nSPS) is 11.0. The number of fused-ring (bicyclic) bond motifs is 1. The number of aromatic amines is 1. The first kappa shape index (κ1) is 17.7. The Morgan fingerprint density at radius 1 is 0.900 bits per heavy atom. The smallest absolute Gasteiger partial charge is 0.232 e. The molecule has 0 aliphatic carbocycles. The summed E-state index contributed by atoms with van der Waals surface area (Å²) in [7, 11) is 0. The van der Waals surface area contributed by atoms with Crippen LogP contribution in [0.2, 0.25) is 0 Å². The Morgan fingerprint density at radius 2 is 1.70 bits per heavy atom. The highest BCUT2D eigenvalue weighted by molar-refractivity contribution is 5.90. The van der Waals surface area contributed by atoms with Crippen molar-refractivity contribution in [1.82, 2.24) is 30.1 Å². The highest BCUT2D eigenvalue weighted by Crippen LogP contribution is 2.27. The Kier molecular flexibility index (Phi) is 4.29. The van der Waals surface area contributed by atoms with Crippen LogP contribution in [-0.2, 0) is 0 Å². The second-order valence-electron chi connectivity index (χ2n) is 6.87. The number of pyridine rings is 1. The first-order valence-corrected chi connectivity index (χ1v) is 9.40. The predicted octanol–water partition coefficient (Wildman–Crippen LogP) is 4.11. The number of hydrogen-bond donors (Lipinski definition) is 3. The molecule has 5 rings (SSSR count). The highest BCUT2D eigenvalue weighted by Gasteiger charge is 2.14. The molecule has 146 valence electrons. The van der Waals surface area contributed by atoms with E-state index in [1.807, 2.05) is 55.5 Å². The summed E-state index contributed by atoms with van der Waals surface area (Å²) in [5.41, 5.74) is 10.1. The summed E-state index contributed by atoms with van der Waals surface area (Å²) in [5, 5.41) is 11.5. The van der Waals surface area contributed by atoms with Gasteiger partial charge in [0.15, 0.2) is 17.5 Å². The summed E-state index contributed by atoms with van der Waals surface area (Å²) in [6, 6.07) is 17.6. The number of H-pyrrole nitrogens is 1. The van der Waals surface area contributed by atoms with Crippen LogP contribution in [0.25, 0.3) is 33.7 Å². The molecular formula is C22H18N8. The fraction of sp³-hybridized carbons (Fsp3) is 0.0455. The van der Waals surface area contributed by atoms with E-state index in [1.54, 1.807) is 18.5 Å². The molecule has 3 aromatic heterocycles. The molecule has 3 heterocycles. The third-order valence-electron chi connectivity index (χ3n) is 4.74. The Morgan fingerprint density at radius 3 is 2.57 bits per heavy atom. The van der Waals surface area contributed by atoms with Crippen molar-refractivity contribution in [3.63, 3.8) is 0 Å². The molecule has 5 aromatic rings. The summed E-state index contributed by atoms with van der Waals surface area (Å²) in [5.74, 6) is 2.07. The van der Waals surface area contributed by atoms with E-state index in [1.165, 1.54) is 0 Å². The summed E-state index contributed by atoms with van der Waals surface area (Å²) in [6.45, 7) is 2.02. The van der Waals surface area contributed by atoms with E-state index in [2.05, 4.69) is 35.5 Å². The van der Waals surface area contributed by atoms with Gasteiger partial charge in [0, 0.05) is 28.9 Å². The lowest BCUT2D eigenvalue weighted by atomic mass is 10.1. The van der Waals surface area contributed by atoms with Gasteiger partial charge in [-0.3, -0.25) is 10.1 Å². The average molecular weight is 394 g/mol. The zero-order valence-corrected chi connectivity index (χ0v) is 16.2. The summed E-state index contributed by atoms with van der Waals surface area (Å²) < 4.78 is 0. The van der Waals surface area contributed by atoms with Crippen molar-refractivity contribution >= 4 is 28.4 Å². The molecule has 0 unspecified atom stereocenters. The van der Waals surface area contributed by atoms with Crippen LogP contribution in [0.1, 0.15) is 5.56 Å². The van der Waals surface area contributed by atoms with E-state index in [9.17, 15) is 0 Å². The number of aromatic nitrogens is 6. The average Bonchev–Trinajstić information content (AvgIpc) is 3.17. The van der Waals surface area contributed by atoms with Crippen molar-refractivity contribution in [3.8, 4) is 22.8 Å². The number of nitrogens with two attached hydrogens (primary N) is 1. The predicted molar refractivity (Wildman–Crippen MR) is 117 cm³/mol. The highest BCUT2D eigenvalue weighted by atomic mass is 15.2. The second kappa shape index (κ2) is 7.25. The standard InChI is InChI=1S/C22H18N8/c1-13-6-2-3-7-16(13)20-25-19(14-10-15(23)12-24-11-14)26-22(27-20)28-21-17-8-4-5-9-18(17)29-30-21/h2-12H,23H2,1H3,(H2,25,26,27,28,29,30). The van der Waals surface area contributed by atoms with Gasteiger partial charge in [-0.05, 0) is 30.7 Å². The number of nitrogen functional groups attached to an aromatic ring is 1. The number of nitrogens with one attached hydrogen (secondary N) is 2. The zero-order chi connectivity index (χ0) is 20.5. The second-order valence-corrected chi connectivity index (χ2v) is 6.87. The van der Waals surface area contributed by atoms with Crippen molar-refractivity contribution in [2.45, 2.75) is 6.92 Å². The van der Waals surface area contributed by atoms with Crippen molar-refractivity contribution in [2.75, 3.05) is 11.1 Å². The Balaban J connectivity index is 1.65. The number of nitrogens with zero attached hydrogens (tertiary/aromatic N) is 5. The largest absolute Gasteiger partial charge is 0.397 e. The van der Waals surface area contributed by atoms with E-state index in [-0.39, 0.29) is 0 Å². The topological polar surface area (TPSA) is 118 Å². The van der Waals surface area contributed by atoms with Gasteiger partial charge in [0.1, 0.15) is 0 Å². The molecule has 0 bridgehead atoms. The minimum atomic E-state index is 0.387. The number of benzene rings is 2. The molecule has 0 saturated heterocycles. The zero-order valence-electron chi connectivity index (χ0n) is 16.2. The van der Waals surface area contributed by atoms with E-state index < -0.39 is 0 Å². The lowest BCUT2D eigenvalue weighted by molar-refractivity contribution is 1.05. The fourth-order valence-corrected chi connectivity index (χ4v) is 3.25. The van der Waals surface area contributed by atoms with E-state index in [4.69, 9.17) is 5.73 Å². The number of anilines is 3. The van der Waals surface area contributed by atoms with Gasteiger partial charge in [-0.15, -0.1) is 0 Å². The summed E-state index contributed by atoms with van der Waals surface area (Å²) in [6.07, 6.45) is 3.27. The molecule has 30 heavy (non-hydrogen) atoms. The minimum Gasteiger partial charge on any atom is -0.397 e. The maximum absolute atomic E-state index is 5.92. The molecule has 0 fully saturated rings. The van der Waals surface area contributed by atoms with Gasteiger partial charge in [-0.25, -0.2) is 4.98 Å². The lowest BCUT2D eigenvalue weighted by Gasteiger charge is -2.10. The first-order chi connectivity index (χ1) is 14.7. The summed E-state index contributed by atoms with van der Waals surface area (Å²) in [4.78, 5) is 18.1. The van der Waals surface area contributed by atoms with Crippen molar-refractivity contribution in [2.24, 2.45) is 0 Å². The molecule has 8 heteroatoms. The van der Waals surface area contributed by atoms with Crippen LogP contribution in [0.4, 0.5) is 17.5 Å². The van der Waals surface area contributed by atoms with Gasteiger partial charge in [0.25, 0.3) is 0 Å². The van der Waals surface area contributed by atoms with Crippen molar-refractivity contribution in [3.05, 3.63) is 72.6 Å². The van der Waals surface area contributed by atoms with E-state index in [0.29, 0.717) is 34.7 Å². The molecule has 0 radical (unpaired) electrons. The molecule has 0 amide bonds. The van der Waals surface area contributed by atoms with Gasteiger partial charge in [0.05, 0.1) is 11.2 Å². The summed E-state index contributed by atoms with van der Waals surface area (Å²) >= 11 is 0. The van der Waals surface area contributed by atoms with E-state index >= 15 is 0 Å².